The van der Waals surface area contributed by atoms with Gasteiger partial charge in [0.25, 0.3) is 0 Å². The molecular weight excluding hydrogens is 229 g/mol. The first-order valence-corrected chi connectivity index (χ1v) is 3.79. The topological polar surface area (TPSA) is 76.2 Å². The molecule has 0 aromatic heterocycles. The molecule has 0 aliphatic heterocycles. The van der Waals surface area contributed by atoms with Crippen molar-refractivity contribution < 1.29 is 22.8 Å². The van der Waals surface area contributed by atoms with Crippen LogP contribution in [0.4, 0.5) is 18.9 Å². The molecule has 84 valence electrons. The van der Waals surface area contributed by atoms with Crippen LogP contribution in [0.2, 0.25) is 0 Å². The first-order chi connectivity index (χ1) is 7.47. The molecule has 5 nitrogen and oxygen atoms in total. The fraction of sp³-hybridized carbons (Fsp3) is 0.125. The van der Waals surface area contributed by atoms with Gasteiger partial charge in [0.15, 0.2) is 5.82 Å². The molecule has 0 saturated carbocycles. The number of ether oxygens (including phenoxy) is 1. The number of halogens is 3. The summed E-state index contributed by atoms with van der Waals surface area (Å²) in [5, 5.41) is 18.8. The monoisotopic (exact) mass is 232 g/mol. The summed E-state index contributed by atoms with van der Waals surface area (Å²) < 4.78 is 40.7. The second-order valence-electron chi connectivity index (χ2n) is 2.52. The summed E-state index contributed by atoms with van der Waals surface area (Å²) in [5.74, 6) is -2.71. The third kappa shape index (κ3) is 2.20. The highest BCUT2D eigenvalue weighted by molar-refractivity contribution is 5.52. The number of alkyl halides is 2. The minimum Gasteiger partial charge on any atom is -0.424 e. The first-order valence-electron chi connectivity index (χ1n) is 3.79. The summed E-state index contributed by atoms with van der Waals surface area (Å²) in [4.78, 5) is 9.30. The summed E-state index contributed by atoms with van der Waals surface area (Å²) in [6, 6.07) is 2.89. The molecule has 0 fully saturated rings. The lowest BCUT2D eigenvalue weighted by molar-refractivity contribution is -0.386. The van der Waals surface area contributed by atoms with Gasteiger partial charge in [0, 0.05) is 6.07 Å². The SMILES string of the molecule is N#Cc1ccc([N+](=O)[O-])c(OC(F)F)c1F. The number of hydrogen-bond donors (Lipinski definition) is 0. The molecule has 0 saturated heterocycles. The van der Waals surface area contributed by atoms with Crippen LogP contribution in [0.15, 0.2) is 12.1 Å². The first kappa shape index (κ1) is 11.8. The van der Waals surface area contributed by atoms with E-state index in [1.807, 2.05) is 0 Å². The van der Waals surface area contributed by atoms with Crippen LogP contribution in [0.3, 0.4) is 0 Å². The molecule has 0 atom stereocenters. The molecule has 1 aromatic carbocycles. The maximum absolute atomic E-state index is 13.3. The van der Waals surface area contributed by atoms with Crippen molar-refractivity contribution >= 4 is 5.69 Å². The molecule has 1 rings (SSSR count). The van der Waals surface area contributed by atoms with E-state index in [9.17, 15) is 23.3 Å². The predicted octanol–water partition coefficient (Wildman–Crippen LogP) is 2.21. The van der Waals surface area contributed by atoms with Crippen LogP contribution < -0.4 is 4.74 Å². The van der Waals surface area contributed by atoms with E-state index in [1.54, 1.807) is 0 Å². The van der Waals surface area contributed by atoms with Crippen LogP contribution >= 0.6 is 0 Å². The van der Waals surface area contributed by atoms with Gasteiger partial charge in [0.1, 0.15) is 6.07 Å². The highest BCUT2D eigenvalue weighted by atomic mass is 19.3. The van der Waals surface area contributed by atoms with Crippen molar-refractivity contribution in [2.75, 3.05) is 0 Å². The van der Waals surface area contributed by atoms with Crippen LogP contribution in [0, 0.1) is 27.3 Å². The third-order valence-corrected chi connectivity index (χ3v) is 1.60. The maximum Gasteiger partial charge on any atom is 0.387 e. The highest BCUT2D eigenvalue weighted by Crippen LogP contribution is 2.32. The van der Waals surface area contributed by atoms with Crippen LogP contribution in [0.5, 0.6) is 5.75 Å². The van der Waals surface area contributed by atoms with Gasteiger partial charge < -0.3 is 4.74 Å². The number of nitro benzene ring substituents is 1. The Morgan fingerprint density at radius 3 is 2.56 bits per heavy atom. The average molecular weight is 232 g/mol. The van der Waals surface area contributed by atoms with E-state index in [-0.39, 0.29) is 0 Å². The van der Waals surface area contributed by atoms with Crippen molar-refractivity contribution in [2.45, 2.75) is 6.61 Å². The molecule has 0 spiro atoms. The zero-order valence-corrected chi connectivity index (χ0v) is 7.49. The summed E-state index contributed by atoms with van der Waals surface area (Å²) in [6.45, 7) is -3.41. The quantitative estimate of drug-likeness (QED) is 0.591. The van der Waals surface area contributed by atoms with E-state index < -0.39 is 34.4 Å². The number of nitriles is 1. The highest BCUT2D eigenvalue weighted by Gasteiger charge is 2.25. The molecule has 16 heavy (non-hydrogen) atoms. The summed E-state index contributed by atoms with van der Waals surface area (Å²) in [5.41, 5.74) is -1.57. The Kier molecular flexibility index (Phi) is 3.30. The molecule has 0 bridgehead atoms. The van der Waals surface area contributed by atoms with E-state index in [0.29, 0.717) is 0 Å². The van der Waals surface area contributed by atoms with Gasteiger partial charge in [0.2, 0.25) is 5.75 Å². The molecule has 0 unspecified atom stereocenters. The van der Waals surface area contributed by atoms with Gasteiger partial charge >= 0.3 is 12.3 Å². The summed E-state index contributed by atoms with van der Waals surface area (Å²) in [6.07, 6.45) is 0. The molecule has 0 aliphatic carbocycles. The fourth-order valence-electron chi connectivity index (χ4n) is 0.977. The van der Waals surface area contributed by atoms with Gasteiger partial charge in [-0.15, -0.1) is 0 Å². The van der Waals surface area contributed by atoms with E-state index >= 15 is 0 Å². The minimum atomic E-state index is -3.41. The van der Waals surface area contributed by atoms with Crippen molar-refractivity contribution in [1.29, 1.82) is 5.26 Å². The van der Waals surface area contributed by atoms with Crippen LogP contribution in [-0.4, -0.2) is 11.5 Å². The van der Waals surface area contributed by atoms with Crippen molar-refractivity contribution in [3.63, 3.8) is 0 Å². The molecule has 0 radical (unpaired) electrons. The second kappa shape index (κ2) is 4.48. The van der Waals surface area contributed by atoms with E-state index in [1.165, 1.54) is 6.07 Å². The van der Waals surface area contributed by atoms with Crippen LogP contribution in [0.1, 0.15) is 5.56 Å². The lowest BCUT2D eigenvalue weighted by atomic mass is 10.2. The van der Waals surface area contributed by atoms with E-state index in [4.69, 9.17) is 5.26 Å². The van der Waals surface area contributed by atoms with Crippen LogP contribution in [0.25, 0.3) is 0 Å². The Morgan fingerprint density at radius 1 is 1.50 bits per heavy atom. The van der Waals surface area contributed by atoms with Crippen molar-refractivity contribution in [3.05, 3.63) is 33.6 Å². The third-order valence-electron chi connectivity index (χ3n) is 1.60. The Morgan fingerprint density at radius 2 is 2.12 bits per heavy atom. The number of nitrogens with zero attached hydrogens (tertiary/aromatic N) is 2. The molecule has 0 heterocycles. The largest absolute Gasteiger partial charge is 0.424 e. The second-order valence-corrected chi connectivity index (χ2v) is 2.52. The molecular formula is C8H3F3N2O3. The van der Waals surface area contributed by atoms with Crippen LogP contribution in [-0.2, 0) is 0 Å². The average Bonchev–Trinajstić information content (AvgIpc) is 2.19. The van der Waals surface area contributed by atoms with Gasteiger partial charge in [-0.05, 0) is 6.07 Å². The van der Waals surface area contributed by atoms with Gasteiger partial charge in [-0.3, -0.25) is 10.1 Å². The lowest BCUT2D eigenvalue weighted by Crippen LogP contribution is -2.07. The van der Waals surface area contributed by atoms with Crippen molar-refractivity contribution in [2.24, 2.45) is 0 Å². The van der Waals surface area contributed by atoms with E-state index in [0.717, 1.165) is 12.1 Å². The zero-order chi connectivity index (χ0) is 12.3. The summed E-state index contributed by atoms with van der Waals surface area (Å²) >= 11 is 0. The normalized spacial score (nSPS) is 9.94. The van der Waals surface area contributed by atoms with Gasteiger partial charge in [-0.25, -0.2) is 4.39 Å². The molecule has 0 aliphatic rings. The molecule has 0 N–H and O–H groups in total. The van der Waals surface area contributed by atoms with Gasteiger partial charge in [-0.2, -0.15) is 14.0 Å². The number of rotatable bonds is 3. The minimum absolute atomic E-state index is 0.610. The van der Waals surface area contributed by atoms with Gasteiger partial charge in [0.05, 0.1) is 10.5 Å². The Labute approximate surface area is 86.8 Å². The maximum atomic E-state index is 13.3. The summed E-state index contributed by atoms with van der Waals surface area (Å²) in [7, 11) is 0. The molecule has 1 aromatic rings. The lowest BCUT2D eigenvalue weighted by Gasteiger charge is -2.06. The Bertz CT molecular complexity index is 470. The number of benzene rings is 1. The number of nitro groups is 1. The smallest absolute Gasteiger partial charge is 0.387 e. The van der Waals surface area contributed by atoms with Crippen molar-refractivity contribution in [1.82, 2.24) is 0 Å². The van der Waals surface area contributed by atoms with Crippen molar-refractivity contribution in [3.8, 4) is 11.8 Å². The Hall–Kier alpha value is -2.30. The molecule has 8 heteroatoms. The number of hydrogen-bond acceptors (Lipinski definition) is 4. The fourth-order valence-corrected chi connectivity index (χ4v) is 0.977. The zero-order valence-electron chi connectivity index (χ0n) is 7.49. The molecule has 0 amide bonds. The van der Waals surface area contributed by atoms with Gasteiger partial charge in [-0.1, -0.05) is 0 Å². The van der Waals surface area contributed by atoms with E-state index in [2.05, 4.69) is 4.74 Å². The predicted molar refractivity (Wildman–Crippen MR) is 44.4 cm³/mol. The Balaban J connectivity index is 3.38. The standard InChI is InChI=1S/C8H3F3N2O3/c9-6-4(3-12)1-2-5(13(14)15)7(6)16-8(10)11/h1-2,8H.